The number of amides is 2. The Balaban J connectivity index is 1.68. The first-order valence-corrected chi connectivity index (χ1v) is 11.4. The van der Waals surface area contributed by atoms with Gasteiger partial charge in [-0.2, -0.15) is 0 Å². The molecule has 1 atom stereocenters. The van der Waals surface area contributed by atoms with Crippen molar-refractivity contribution in [2.75, 3.05) is 19.1 Å². The minimum Gasteiger partial charge on any atom is -0.497 e. The van der Waals surface area contributed by atoms with Crippen LogP contribution in [0.5, 0.6) is 11.5 Å². The average molecular weight is 448 g/mol. The van der Waals surface area contributed by atoms with Crippen LogP contribution in [0.15, 0.2) is 48.5 Å². The van der Waals surface area contributed by atoms with Crippen LogP contribution in [-0.2, 0) is 11.3 Å². The molecule has 5 rings (SSSR count). The summed E-state index contributed by atoms with van der Waals surface area (Å²) >= 11 is 0. The molecular formula is C26H29N3O4. The number of aromatic nitrogens is 1. The number of hydrogen-bond donors (Lipinski definition) is 1. The molecule has 2 amide bonds. The zero-order valence-electron chi connectivity index (χ0n) is 19.3. The Morgan fingerprint density at radius 2 is 1.82 bits per heavy atom. The number of fused-ring (bicyclic) bond motifs is 3. The van der Waals surface area contributed by atoms with Gasteiger partial charge in [0.15, 0.2) is 0 Å². The maximum absolute atomic E-state index is 14.0. The van der Waals surface area contributed by atoms with E-state index in [2.05, 4.69) is 5.32 Å². The van der Waals surface area contributed by atoms with Crippen LogP contribution in [0.25, 0.3) is 10.9 Å². The van der Waals surface area contributed by atoms with Crippen LogP contribution in [-0.4, -0.2) is 42.2 Å². The van der Waals surface area contributed by atoms with E-state index in [4.69, 9.17) is 9.47 Å². The quantitative estimate of drug-likeness (QED) is 0.638. The van der Waals surface area contributed by atoms with Gasteiger partial charge in [-0.25, -0.2) is 0 Å². The third-order valence-electron chi connectivity index (χ3n) is 7.00. The third kappa shape index (κ3) is 3.43. The largest absolute Gasteiger partial charge is 0.497 e. The topological polar surface area (TPSA) is 72.8 Å². The lowest BCUT2D eigenvalue weighted by atomic mass is 9.93. The number of hydrogen-bond acceptors (Lipinski definition) is 4. The Hall–Kier alpha value is -3.48. The predicted octanol–water partition coefficient (Wildman–Crippen LogP) is 4.14. The van der Waals surface area contributed by atoms with E-state index < -0.39 is 5.54 Å². The van der Waals surface area contributed by atoms with E-state index in [0.29, 0.717) is 29.4 Å². The van der Waals surface area contributed by atoms with Crippen LogP contribution in [0.4, 0.5) is 5.69 Å². The molecule has 0 spiro atoms. The van der Waals surface area contributed by atoms with Crippen LogP contribution in [0, 0.1) is 0 Å². The molecule has 1 aliphatic carbocycles. The molecule has 1 unspecified atom stereocenters. The summed E-state index contributed by atoms with van der Waals surface area (Å²) in [5.74, 6) is 0.695. The van der Waals surface area contributed by atoms with Crippen LogP contribution < -0.4 is 19.7 Å². The molecule has 3 aromatic rings. The number of nitrogens with one attached hydrogen (secondary N) is 1. The van der Waals surface area contributed by atoms with E-state index in [1.807, 2.05) is 41.8 Å². The molecule has 172 valence electrons. The first kappa shape index (κ1) is 21.4. The van der Waals surface area contributed by atoms with Crippen molar-refractivity contribution in [3.05, 3.63) is 54.2 Å². The van der Waals surface area contributed by atoms with E-state index in [9.17, 15) is 9.59 Å². The number of anilines is 1. The second-order valence-electron chi connectivity index (χ2n) is 9.08. The summed E-state index contributed by atoms with van der Waals surface area (Å²) < 4.78 is 13.0. The van der Waals surface area contributed by atoms with Crippen molar-refractivity contribution in [1.29, 1.82) is 0 Å². The van der Waals surface area contributed by atoms with Gasteiger partial charge in [0.05, 0.1) is 26.5 Å². The summed E-state index contributed by atoms with van der Waals surface area (Å²) in [6.45, 7) is 2.17. The van der Waals surface area contributed by atoms with Gasteiger partial charge < -0.3 is 19.4 Å². The summed E-state index contributed by atoms with van der Waals surface area (Å²) in [6.07, 6.45) is 4.16. The molecule has 7 nitrogen and oxygen atoms in total. The standard InChI is InChI=1S/C26H29N3O4/c1-26(25(31)27-18-9-5-6-10-18)16-28-20-11-7-4-8-17(20)14-22(28)24(30)29(26)21-15-19(32-2)12-13-23(21)33-3/h4,7-8,11-15,18H,5-6,9-10,16H2,1-3H3,(H,27,31). The maximum atomic E-state index is 14.0. The molecule has 1 N–H and O–H groups in total. The van der Waals surface area contributed by atoms with Crippen molar-refractivity contribution in [2.45, 2.75) is 50.7 Å². The SMILES string of the molecule is COc1ccc(OC)c(N2C(=O)c3cc4ccccc4n3CC2(C)C(=O)NC2CCCC2)c1. The van der Waals surface area contributed by atoms with E-state index in [1.54, 1.807) is 37.3 Å². The fourth-order valence-electron chi connectivity index (χ4n) is 5.21. The Morgan fingerprint density at radius 3 is 2.55 bits per heavy atom. The summed E-state index contributed by atoms with van der Waals surface area (Å²) in [4.78, 5) is 29.5. The van der Waals surface area contributed by atoms with Crippen molar-refractivity contribution in [3.63, 3.8) is 0 Å². The number of rotatable bonds is 5. The van der Waals surface area contributed by atoms with Gasteiger partial charge in [0, 0.05) is 23.0 Å². The number of methoxy groups -OCH3 is 2. The normalized spacial score (nSPS) is 20.7. The highest BCUT2D eigenvalue weighted by atomic mass is 16.5. The van der Waals surface area contributed by atoms with Gasteiger partial charge in [-0.3, -0.25) is 14.5 Å². The van der Waals surface area contributed by atoms with Crippen molar-refractivity contribution in [1.82, 2.24) is 9.88 Å². The van der Waals surface area contributed by atoms with Crippen molar-refractivity contribution >= 4 is 28.4 Å². The molecule has 2 aliphatic rings. The third-order valence-corrected chi connectivity index (χ3v) is 7.00. The fraction of sp³-hybridized carbons (Fsp3) is 0.385. The first-order valence-electron chi connectivity index (χ1n) is 11.4. The van der Waals surface area contributed by atoms with Crippen LogP contribution in [0.1, 0.15) is 43.1 Å². The predicted molar refractivity (Wildman–Crippen MR) is 127 cm³/mol. The van der Waals surface area contributed by atoms with Gasteiger partial charge in [0.25, 0.3) is 5.91 Å². The zero-order chi connectivity index (χ0) is 23.2. The summed E-state index contributed by atoms with van der Waals surface area (Å²) in [5, 5.41) is 4.20. The van der Waals surface area contributed by atoms with Crippen LogP contribution in [0.3, 0.4) is 0 Å². The van der Waals surface area contributed by atoms with Gasteiger partial charge >= 0.3 is 0 Å². The van der Waals surface area contributed by atoms with Crippen LogP contribution >= 0.6 is 0 Å². The first-order chi connectivity index (χ1) is 16.0. The summed E-state index contributed by atoms with van der Waals surface area (Å²) in [5.41, 5.74) is 0.848. The van der Waals surface area contributed by atoms with Gasteiger partial charge in [-0.1, -0.05) is 31.0 Å². The number of carbonyl (C=O) groups is 2. The molecule has 1 saturated carbocycles. The summed E-state index contributed by atoms with van der Waals surface area (Å²) in [7, 11) is 3.14. The van der Waals surface area contributed by atoms with Crippen molar-refractivity contribution in [2.24, 2.45) is 0 Å². The second kappa shape index (κ2) is 8.14. The Labute approximate surface area is 193 Å². The fourth-order valence-corrected chi connectivity index (χ4v) is 5.21. The molecule has 0 bridgehead atoms. The number of benzene rings is 2. The molecule has 1 aromatic heterocycles. The lowest BCUT2D eigenvalue weighted by molar-refractivity contribution is -0.127. The molecule has 2 heterocycles. The van der Waals surface area contributed by atoms with E-state index in [-0.39, 0.29) is 17.9 Å². The molecule has 1 fully saturated rings. The van der Waals surface area contributed by atoms with Gasteiger partial charge in [-0.15, -0.1) is 0 Å². The number of para-hydroxylation sites is 1. The zero-order valence-corrected chi connectivity index (χ0v) is 19.3. The Kier molecular flexibility index (Phi) is 5.27. The molecular weight excluding hydrogens is 418 g/mol. The molecule has 0 radical (unpaired) electrons. The minimum atomic E-state index is -1.16. The lowest BCUT2D eigenvalue weighted by Gasteiger charge is -2.44. The molecule has 33 heavy (non-hydrogen) atoms. The molecule has 1 aliphatic heterocycles. The molecule has 2 aromatic carbocycles. The van der Waals surface area contributed by atoms with Gasteiger partial charge in [0.2, 0.25) is 5.91 Å². The number of carbonyl (C=O) groups excluding carboxylic acids is 2. The van der Waals surface area contributed by atoms with E-state index >= 15 is 0 Å². The Bertz CT molecular complexity index is 1230. The monoisotopic (exact) mass is 447 g/mol. The summed E-state index contributed by atoms with van der Waals surface area (Å²) in [6, 6.07) is 15.2. The van der Waals surface area contributed by atoms with Gasteiger partial charge in [0.1, 0.15) is 22.7 Å². The van der Waals surface area contributed by atoms with E-state index in [0.717, 1.165) is 36.6 Å². The molecule has 0 saturated heterocycles. The van der Waals surface area contributed by atoms with E-state index in [1.165, 1.54) is 0 Å². The highest BCUT2D eigenvalue weighted by Gasteiger charge is 2.50. The van der Waals surface area contributed by atoms with Crippen molar-refractivity contribution < 1.29 is 19.1 Å². The Morgan fingerprint density at radius 1 is 1.06 bits per heavy atom. The van der Waals surface area contributed by atoms with Gasteiger partial charge in [-0.05, 0) is 44.0 Å². The van der Waals surface area contributed by atoms with Crippen LogP contribution in [0.2, 0.25) is 0 Å². The second-order valence-corrected chi connectivity index (χ2v) is 9.08. The molecule has 7 heteroatoms. The highest BCUT2D eigenvalue weighted by molar-refractivity contribution is 6.14. The maximum Gasteiger partial charge on any atom is 0.276 e. The minimum absolute atomic E-state index is 0.140. The average Bonchev–Trinajstić information content (AvgIpc) is 3.47. The number of nitrogens with zero attached hydrogens (tertiary/aromatic N) is 2. The number of ether oxygens (including phenoxy) is 2. The lowest BCUT2D eigenvalue weighted by Crippen LogP contribution is -2.65. The smallest absolute Gasteiger partial charge is 0.276 e. The highest BCUT2D eigenvalue weighted by Crippen LogP contribution is 2.41. The van der Waals surface area contributed by atoms with Crippen molar-refractivity contribution in [3.8, 4) is 11.5 Å².